The summed E-state index contributed by atoms with van der Waals surface area (Å²) in [6.45, 7) is 0. The van der Waals surface area contributed by atoms with Gasteiger partial charge in [0.2, 0.25) is 0 Å². The zero-order chi connectivity index (χ0) is 33.5. The SMILES string of the molecule is BC(B)(B)C(B)(B)c1nc2ccccc2n1-c1ccccc1-c1c2ccccc2c(-c2ccc3oc4ccccc4c3c2)c2ccccc12. The van der Waals surface area contributed by atoms with E-state index in [0.29, 0.717) is 0 Å². The Morgan fingerprint density at radius 1 is 0.510 bits per heavy atom. The molecule has 8 heteroatoms. The molecular weight excluding hydrogens is 591 g/mol. The molecule has 0 aliphatic carbocycles. The molecule has 0 aliphatic rings. The lowest BCUT2D eigenvalue weighted by Crippen LogP contribution is -2.45. The molecule has 49 heavy (non-hydrogen) atoms. The third kappa shape index (κ3) is 4.47. The largest absolute Gasteiger partial charge is 0.456 e. The molecule has 228 valence electrons. The van der Waals surface area contributed by atoms with Gasteiger partial charge in [0, 0.05) is 16.3 Å². The first-order chi connectivity index (χ1) is 23.7. The zero-order valence-electron chi connectivity index (χ0n) is 28.6. The summed E-state index contributed by atoms with van der Waals surface area (Å²) in [5, 5.41) is 6.93. The van der Waals surface area contributed by atoms with Crippen molar-refractivity contribution in [1.82, 2.24) is 9.55 Å². The van der Waals surface area contributed by atoms with E-state index in [1.54, 1.807) is 0 Å². The molecule has 0 spiro atoms. The van der Waals surface area contributed by atoms with Crippen molar-refractivity contribution in [3.8, 4) is 27.9 Å². The van der Waals surface area contributed by atoms with Crippen molar-refractivity contribution in [3.63, 3.8) is 0 Å². The van der Waals surface area contributed by atoms with E-state index in [-0.39, 0.29) is 10.3 Å². The minimum atomic E-state index is -0.219. The lowest BCUT2D eigenvalue weighted by atomic mass is 9.23. The Kier molecular flexibility index (Phi) is 6.58. The Bertz CT molecular complexity index is 2700. The molecule has 0 saturated heterocycles. The fourth-order valence-electron chi connectivity index (χ4n) is 7.52. The molecule has 0 fully saturated rings. The Hall–Kier alpha value is -5.35. The lowest BCUT2D eigenvalue weighted by molar-refractivity contribution is 0.669. The highest BCUT2D eigenvalue weighted by atomic mass is 16.3. The van der Waals surface area contributed by atoms with Crippen molar-refractivity contribution in [2.75, 3.05) is 0 Å². The number of nitrogens with zero attached hydrogens (tertiary/aromatic N) is 2. The van der Waals surface area contributed by atoms with Crippen LogP contribution in [0.5, 0.6) is 0 Å². The van der Waals surface area contributed by atoms with Gasteiger partial charge < -0.3 is 4.42 Å². The van der Waals surface area contributed by atoms with Gasteiger partial charge in [-0.05, 0) is 79.8 Å². The van der Waals surface area contributed by atoms with Gasteiger partial charge in [0.15, 0.2) is 0 Å². The monoisotopic (exact) mass is 624 g/mol. The molecule has 7 aromatic carbocycles. The number of hydrogen-bond donors (Lipinski definition) is 0. The van der Waals surface area contributed by atoms with Crippen molar-refractivity contribution in [3.05, 3.63) is 145 Å². The van der Waals surface area contributed by atoms with Gasteiger partial charge >= 0.3 is 0 Å². The molecule has 2 aromatic heterocycles. The molecule has 0 aliphatic heterocycles. The third-order valence-corrected chi connectivity index (χ3v) is 11.0. The van der Waals surface area contributed by atoms with Gasteiger partial charge in [-0.2, -0.15) is 0 Å². The van der Waals surface area contributed by atoms with Crippen LogP contribution in [0.15, 0.2) is 144 Å². The summed E-state index contributed by atoms with van der Waals surface area (Å²) in [5.41, 5.74) is 9.93. The van der Waals surface area contributed by atoms with Gasteiger partial charge in [0.25, 0.3) is 0 Å². The van der Waals surface area contributed by atoms with E-state index < -0.39 is 0 Å². The maximum atomic E-state index is 6.22. The highest BCUT2D eigenvalue weighted by Gasteiger charge is 2.39. The molecular formula is C41H33B5N2O. The second-order valence-electron chi connectivity index (χ2n) is 14.8. The van der Waals surface area contributed by atoms with Gasteiger partial charge in [0.05, 0.1) is 40.3 Å². The number of imidazole rings is 1. The first-order valence-electron chi connectivity index (χ1n) is 17.2. The summed E-state index contributed by atoms with van der Waals surface area (Å²) in [7, 11) is 11.6. The third-order valence-electron chi connectivity index (χ3n) is 11.0. The van der Waals surface area contributed by atoms with Crippen molar-refractivity contribution in [2.24, 2.45) is 0 Å². The molecule has 9 aromatic rings. The minimum Gasteiger partial charge on any atom is -0.456 e. The first-order valence-corrected chi connectivity index (χ1v) is 17.2. The van der Waals surface area contributed by atoms with Crippen molar-refractivity contribution in [1.29, 1.82) is 0 Å². The van der Waals surface area contributed by atoms with Crippen LogP contribution in [0.25, 0.3) is 82.5 Å². The smallest absolute Gasteiger partial charge is 0.135 e. The maximum Gasteiger partial charge on any atom is 0.135 e. The quantitative estimate of drug-likeness (QED) is 0.175. The Labute approximate surface area is 290 Å². The second-order valence-corrected chi connectivity index (χ2v) is 14.8. The van der Waals surface area contributed by atoms with Crippen LogP contribution in [-0.4, -0.2) is 48.8 Å². The molecule has 9 rings (SSSR count). The van der Waals surface area contributed by atoms with E-state index in [1.165, 1.54) is 43.8 Å². The lowest BCUT2D eigenvalue weighted by Gasteiger charge is -2.39. The highest BCUT2D eigenvalue weighted by molar-refractivity contribution is 6.67. The summed E-state index contributed by atoms with van der Waals surface area (Å²) in [4.78, 5) is 5.34. The summed E-state index contributed by atoms with van der Waals surface area (Å²) in [6.07, 6.45) is 0. The van der Waals surface area contributed by atoms with Gasteiger partial charge in [-0.1, -0.05) is 103 Å². The van der Waals surface area contributed by atoms with E-state index in [1.807, 2.05) is 12.1 Å². The van der Waals surface area contributed by atoms with E-state index >= 15 is 0 Å². The molecule has 0 radical (unpaired) electrons. The van der Waals surface area contributed by atoms with E-state index in [9.17, 15) is 0 Å². The van der Waals surface area contributed by atoms with Crippen LogP contribution >= 0.6 is 0 Å². The maximum absolute atomic E-state index is 6.22. The first kappa shape index (κ1) is 29.8. The van der Waals surface area contributed by atoms with Gasteiger partial charge in [0.1, 0.15) is 32.7 Å². The van der Waals surface area contributed by atoms with Crippen molar-refractivity contribution in [2.45, 2.75) is 10.3 Å². The average Bonchev–Trinajstić information content (AvgIpc) is 3.69. The summed E-state index contributed by atoms with van der Waals surface area (Å²) in [5.74, 6) is 1.07. The van der Waals surface area contributed by atoms with Crippen LogP contribution in [0.2, 0.25) is 5.11 Å². The van der Waals surface area contributed by atoms with Crippen LogP contribution in [-0.2, 0) is 5.21 Å². The Balaban J connectivity index is 1.37. The van der Waals surface area contributed by atoms with Gasteiger partial charge in [-0.3, -0.25) is 4.57 Å². The topological polar surface area (TPSA) is 31.0 Å². The van der Waals surface area contributed by atoms with Crippen LogP contribution in [0, 0.1) is 0 Å². The number of benzene rings is 7. The number of rotatable bonds is 5. The van der Waals surface area contributed by atoms with Crippen LogP contribution in [0.1, 0.15) is 5.82 Å². The van der Waals surface area contributed by atoms with E-state index in [2.05, 4.69) is 171 Å². The Morgan fingerprint density at radius 2 is 1.06 bits per heavy atom. The molecule has 0 bridgehead atoms. The number of aromatic nitrogens is 2. The summed E-state index contributed by atoms with van der Waals surface area (Å²) in [6, 6.07) is 50.2. The standard InChI is InChI=1S/C41H33B5N2O/c42-40(43,41(44,45)46)39-47-32-17-7-9-19-34(32)48(39)33-18-8-5-16-30(33)38-28-14-3-1-12-26(28)37(27-13-2-4-15-29(27)38)24-21-22-36-31(23-24)25-11-6-10-20-35(25)49-36/h1-23H,42-46H2. The fourth-order valence-corrected chi connectivity index (χ4v) is 7.52. The fraction of sp³-hybridized carbons (Fsp3) is 0.0488. The number of fused-ring (bicyclic) bond motifs is 6. The minimum absolute atomic E-state index is 0.0243. The second kappa shape index (κ2) is 10.8. The number of hydrogen-bond acceptors (Lipinski definition) is 2. The predicted octanol–water partition coefficient (Wildman–Crippen LogP) is 5.96. The van der Waals surface area contributed by atoms with Crippen LogP contribution in [0.3, 0.4) is 0 Å². The normalized spacial score (nSPS) is 12.5. The molecule has 2 heterocycles. The zero-order valence-corrected chi connectivity index (χ0v) is 28.6. The molecule has 0 unspecified atom stereocenters. The molecule has 0 amide bonds. The van der Waals surface area contributed by atoms with Crippen LogP contribution in [0.4, 0.5) is 0 Å². The number of para-hydroxylation sites is 4. The summed E-state index contributed by atoms with van der Waals surface area (Å²) >= 11 is 0. The van der Waals surface area contributed by atoms with Crippen molar-refractivity contribution >= 4 is 93.7 Å². The van der Waals surface area contributed by atoms with Gasteiger partial charge in [-0.15, -0.1) is 5.11 Å². The molecule has 0 N–H and O–H groups in total. The van der Waals surface area contributed by atoms with Crippen molar-refractivity contribution < 1.29 is 4.42 Å². The highest BCUT2D eigenvalue weighted by Crippen LogP contribution is 2.47. The average molecular weight is 624 g/mol. The molecule has 3 nitrogen and oxygen atoms in total. The Morgan fingerprint density at radius 3 is 1.76 bits per heavy atom. The van der Waals surface area contributed by atoms with Crippen LogP contribution < -0.4 is 0 Å². The molecule has 0 saturated carbocycles. The van der Waals surface area contributed by atoms with E-state index in [4.69, 9.17) is 9.40 Å². The van der Waals surface area contributed by atoms with Gasteiger partial charge in [-0.25, -0.2) is 4.98 Å². The molecule has 0 atom stereocenters. The summed E-state index contributed by atoms with van der Waals surface area (Å²) < 4.78 is 8.64. The number of furan rings is 1. The van der Waals surface area contributed by atoms with E-state index in [0.717, 1.165) is 44.5 Å². The predicted molar refractivity (Wildman–Crippen MR) is 221 cm³/mol.